The standard InChI is InChI=1S/C22H23FN4O4/c1-12-17(19(28)21(30)26-22(3)7-8-31-11-22)13(2)27(4)18(12)20(29)25-15-5-6-16(23)14(9-15)10-24/h5-6,9H,7-8,11H2,1-4H3,(H,25,29)(H,26,30)/t22-/m1/s1. The molecule has 0 radical (unpaired) electrons. The minimum Gasteiger partial charge on any atom is -0.379 e. The number of ketones is 1. The van der Waals surface area contributed by atoms with Crippen molar-refractivity contribution in [3.8, 4) is 6.07 Å². The number of anilines is 1. The van der Waals surface area contributed by atoms with Crippen LogP contribution in [0.2, 0.25) is 0 Å². The lowest BCUT2D eigenvalue weighted by Crippen LogP contribution is -2.49. The Balaban J connectivity index is 1.87. The van der Waals surface area contributed by atoms with Crippen molar-refractivity contribution in [2.45, 2.75) is 32.7 Å². The van der Waals surface area contributed by atoms with Gasteiger partial charge in [0, 0.05) is 25.0 Å². The van der Waals surface area contributed by atoms with E-state index in [1.165, 1.54) is 16.7 Å². The number of ether oxygens (including phenoxy) is 1. The van der Waals surface area contributed by atoms with Gasteiger partial charge in [-0.05, 0) is 51.0 Å². The van der Waals surface area contributed by atoms with E-state index >= 15 is 0 Å². The summed E-state index contributed by atoms with van der Waals surface area (Å²) in [5, 5.41) is 14.3. The average Bonchev–Trinajstić information content (AvgIpc) is 3.23. The Hall–Kier alpha value is -3.51. The number of nitriles is 1. The van der Waals surface area contributed by atoms with E-state index in [2.05, 4.69) is 10.6 Å². The Kier molecular flexibility index (Phi) is 5.95. The molecule has 1 atom stereocenters. The van der Waals surface area contributed by atoms with Crippen molar-refractivity contribution in [2.75, 3.05) is 18.5 Å². The molecule has 1 aliphatic heterocycles. The van der Waals surface area contributed by atoms with Gasteiger partial charge < -0.3 is 19.9 Å². The van der Waals surface area contributed by atoms with Gasteiger partial charge in [0.15, 0.2) is 0 Å². The largest absolute Gasteiger partial charge is 0.379 e. The van der Waals surface area contributed by atoms with Crippen molar-refractivity contribution in [2.24, 2.45) is 7.05 Å². The van der Waals surface area contributed by atoms with Crippen LogP contribution in [0.3, 0.4) is 0 Å². The molecule has 8 nitrogen and oxygen atoms in total. The molecule has 1 aromatic carbocycles. The molecule has 2 N–H and O–H groups in total. The molecular formula is C22H23FN4O4. The number of carbonyl (C=O) groups excluding carboxylic acids is 3. The third kappa shape index (κ3) is 4.20. The monoisotopic (exact) mass is 426 g/mol. The molecule has 0 unspecified atom stereocenters. The van der Waals surface area contributed by atoms with Gasteiger partial charge in [0.05, 0.1) is 23.3 Å². The van der Waals surface area contributed by atoms with E-state index in [0.29, 0.717) is 30.9 Å². The fourth-order valence-electron chi connectivity index (χ4n) is 3.72. The molecule has 1 aliphatic rings. The number of halogens is 1. The number of aromatic nitrogens is 1. The molecule has 31 heavy (non-hydrogen) atoms. The topological polar surface area (TPSA) is 113 Å². The number of carbonyl (C=O) groups is 3. The van der Waals surface area contributed by atoms with Crippen LogP contribution in [-0.2, 0) is 16.6 Å². The number of nitrogens with one attached hydrogen (secondary N) is 2. The molecule has 9 heteroatoms. The van der Waals surface area contributed by atoms with Crippen LogP contribution >= 0.6 is 0 Å². The van der Waals surface area contributed by atoms with Crippen molar-refractivity contribution in [3.63, 3.8) is 0 Å². The van der Waals surface area contributed by atoms with E-state index in [1.54, 1.807) is 27.0 Å². The summed E-state index contributed by atoms with van der Waals surface area (Å²) in [6, 6.07) is 5.36. The maximum atomic E-state index is 13.5. The zero-order valence-corrected chi connectivity index (χ0v) is 17.8. The first kappa shape index (κ1) is 22.2. The van der Waals surface area contributed by atoms with E-state index in [0.717, 1.165) is 6.07 Å². The average molecular weight is 426 g/mol. The van der Waals surface area contributed by atoms with Gasteiger partial charge in [0.1, 0.15) is 17.6 Å². The van der Waals surface area contributed by atoms with Gasteiger partial charge in [-0.1, -0.05) is 0 Å². The van der Waals surface area contributed by atoms with Crippen LogP contribution in [0.1, 0.15) is 51.0 Å². The van der Waals surface area contributed by atoms with E-state index in [-0.39, 0.29) is 22.5 Å². The van der Waals surface area contributed by atoms with Crippen molar-refractivity contribution >= 4 is 23.3 Å². The van der Waals surface area contributed by atoms with Crippen molar-refractivity contribution in [1.29, 1.82) is 5.26 Å². The summed E-state index contributed by atoms with van der Waals surface area (Å²) in [6.45, 7) is 5.89. The third-order valence-corrected chi connectivity index (χ3v) is 5.56. The zero-order chi connectivity index (χ0) is 22.9. The second-order valence-corrected chi connectivity index (χ2v) is 7.90. The van der Waals surface area contributed by atoms with Crippen LogP contribution in [0, 0.1) is 31.0 Å². The lowest BCUT2D eigenvalue weighted by atomic mass is 9.99. The van der Waals surface area contributed by atoms with E-state index in [1.807, 2.05) is 6.92 Å². The van der Waals surface area contributed by atoms with Crippen LogP contribution in [0.5, 0.6) is 0 Å². The fourth-order valence-corrected chi connectivity index (χ4v) is 3.72. The van der Waals surface area contributed by atoms with Gasteiger partial charge in [-0.2, -0.15) is 5.26 Å². The number of nitrogens with zero attached hydrogens (tertiary/aromatic N) is 2. The molecule has 1 saturated heterocycles. The van der Waals surface area contributed by atoms with Crippen LogP contribution < -0.4 is 10.6 Å². The van der Waals surface area contributed by atoms with Gasteiger partial charge in [0.2, 0.25) is 0 Å². The minimum absolute atomic E-state index is 0.157. The summed E-state index contributed by atoms with van der Waals surface area (Å²) < 4.78 is 20.4. The maximum Gasteiger partial charge on any atom is 0.292 e. The van der Waals surface area contributed by atoms with Crippen molar-refractivity contribution in [3.05, 3.63) is 52.1 Å². The Morgan fingerprint density at radius 3 is 2.61 bits per heavy atom. The lowest BCUT2D eigenvalue weighted by molar-refractivity contribution is -0.118. The summed E-state index contributed by atoms with van der Waals surface area (Å²) in [4.78, 5) is 38.4. The molecule has 1 fully saturated rings. The maximum absolute atomic E-state index is 13.5. The highest BCUT2D eigenvalue weighted by molar-refractivity contribution is 6.43. The molecule has 2 heterocycles. The number of hydrogen-bond donors (Lipinski definition) is 2. The first-order chi connectivity index (χ1) is 14.6. The molecule has 0 saturated carbocycles. The highest BCUT2D eigenvalue weighted by Gasteiger charge is 2.35. The second-order valence-electron chi connectivity index (χ2n) is 7.90. The van der Waals surface area contributed by atoms with Gasteiger partial charge in [0.25, 0.3) is 17.6 Å². The van der Waals surface area contributed by atoms with Crippen molar-refractivity contribution in [1.82, 2.24) is 9.88 Å². The van der Waals surface area contributed by atoms with Gasteiger partial charge in [-0.3, -0.25) is 14.4 Å². The molecule has 1 aromatic heterocycles. The predicted octanol–water partition coefficient (Wildman–Crippen LogP) is 2.38. The first-order valence-electron chi connectivity index (χ1n) is 9.69. The Labute approximate surface area is 179 Å². The Bertz CT molecular complexity index is 1120. The minimum atomic E-state index is -0.756. The van der Waals surface area contributed by atoms with Crippen LogP contribution in [0.25, 0.3) is 0 Å². The number of amides is 2. The molecule has 0 spiro atoms. The Morgan fingerprint density at radius 2 is 2.00 bits per heavy atom. The highest BCUT2D eigenvalue weighted by Crippen LogP contribution is 2.24. The quantitative estimate of drug-likeness (QED) is 0.563. The normalized spacial score (nSPS) is 17.8. The van der Waals surface area contributed by atoms with Gasteiger partial charge in [-0.15, -0.1) is 0 Å². The zero-order valence-electron chi connectivity index (χ0n) is 17.8. The first-order valence-corrected chi connectivity index (χ1v) is 9.69. The molecule has 0 aliphatic carbocycles. The predicted molar refractivity (Wildman–Crippen MR) is 110 cm³/mol. The van der Waals surface area contributed by atoms with Crippen molar-refractivity contribution < 1.29 is 23.5 Å². The molecule has 3 rings (SSSR count). The molecule has 2 amide bonds. The summed E-state index contributed by atoms with van der Waals surface area (Å²) in [6.07, 6.45) is 0.606. The van der Waals surface area contributed by atoms with Gasteiger partial charge >= 0.3 is 0 Å². The summed E-state index contributed by atoms with van der Waals surface area (Å²) in [7, 11) is 1.61. The van der Waals surface area contributed by atoms with E-state index < -0.39 is 29.0 Å². The number of Topliss-reactive ketones (excluding diaryl/α,β-unsaturated/α-hetero) is 1. The second kappa shape index (κ2) is 8.32. The van der Waals surface area contributed by atoms with Crippen LogP contribution in [0.15, 0.2) is 18.2 Å². The number of rotatable bonds is 5. The lowest BCUT2D eigenvalue weighted by Gasteiger charge is -2.23. The smallest absolute Gasteiger partial charge is 0.292 e. The molecule has 2 aromatic rings. The van der Waals surface area contributed by atoms with E-state index in [9.17, 15) is 18.8 Å². The van der Waals surface area contributed by atoms with Crippen LogP contribution in [-0.4, -0.2) is 40.9 Å². The van der Waals surface area contributed by atoms with E-state index in [4.69, 9.17) is 10.00 Å². The molecular weight excluding hydrogens is 403 g/mol. The highest BCUT2D eigenvalue weighted by atomic mass is 19.1. The summed E-state index contributed by atoms with van der Waals surface area (Å²) in [5.41, 5.74) is 0.595. The fraction of sp³-hybridized carbons (Fsp3) is 0.364. The Morgan fingerprint density at radius 1 is 1.29 bits per heavy atom. The third-order valence-electron chi connectivity index (χ3n) is 5.56. The number of benzene rings is 1. The summed E-state index contributed by atoms with van der Waals surface area (Å²) >= 11 is 0. The van der Waals surface area contributed by atoms with Gasteiger partial charge in [-0.25, -0.2) is 4.39 Å². The SMILES string of the molecule is Cc1c(C(=O)C(=O)N[C@]2(C)CCOC2)c(C)n(C)c1C(=O)Nc1ccc(F)c(C#N)c1. The molecule has 0 bridgehead atoms. The van der Waals surface area contributed by atoms with Crippen LogP contribution in [0.4, 0.5) is 10.1 Å². The number of hydrogen-bond acceptors (Lipinski definition) is 5. The summed E-state index contributed by atoms with van der Waals surface area (Å²) in [5.74, 6) is -2.72. The molecule has 162 valence electrons.